The largest absolute Gasteiger partial charge is 0.299 e. The summed E-state index contributed by atoms with van der Waals surface area (Å²) in [5.74, 6) is 0.333. The van der Waals surface area contributed by atoms with Gasteiger partial charge >= 0.3 is 0 Å². The van der Waals surface area contributed by atoms with Crippen molar-refractivity contribution in [3.05, 3.63) is 0 Å². The Morgan fingerprint density at radius 1 is 1.60 bits per heavy atom. The Bertz CT molecular complexity index is 180. The maximum atomic E-state index is 11.2. The number of thiocarbonyl (C=S) groups is 1. The molecule has 2 heteroatoms. The van der Waals surface area contributed by atoms with Crippen LogP contribution in [0.4, 0.5) is 0 Å². The lowest BCUT2D eigenvalue weighted by atomic mass is 10.0. The maximum Gasteiger partial charge on any atom is 0.143 e. The Morgan fingerprint density at radius 3 is 2.40 bits per heavy atom. The van der Waals surface area contributed by atoms with Crippen molar-refractivity contribution in [1.29, 1.82) is 0 Å². The highest BCUT2D eigenvalue weighted by atomic mass is 32.1. The molecule has 0 saturated heterocycles. The summed E-state index contributed by atoms with van der Waals surface area (Å²) in [4.78, 5) is 12.1. The van der Waals surface area contributed by atoms with Crippen LogP contribution in [0, 0.1) is 5.41 Å². The number of rotatable bonds is 3. The first-order chi connectivity index (χ1) is 4.54. The Morgan fingerprint density at radius 2 is 2.10 bits per heavy atom. The molecule has 0 unspecified atom stereocenters. The van der Waals surface area contributed by atoms with Crippen molar-refractivity contribution in [3.63, 3.8) is 0 Å². The molecule has 0 atom stereocenters. The van der Waals surface area contributed by atoms with Crippen LogP contribution in [0.1, 0.15) is 33.1 Å². The lowest BCUT2D eigenvalue weighted by molar-refractivity contribution is -0.122. The molecule has 0 radical (unpaired) electrons. The number of carbonyl (C=O) groups excluding carboxylic acids is 1. The highest BCUT2D eigenvalue weighted by molar-refractivity contribution is 7.80. The van der Waals surface area contributed by atoms with E-state index in [1.165, 1.54) is 0 Å². The van der Waals surface area contributed by atoms with E-state index in [4.69, 9.17) is 12.2 Å². The Balaban J connectivity index is 2.43. The van der Waals surface area contributed by atoms with Gasteiger partial charge in [0.05, 0.1) is 0 Å². The molecule has 56 valence electrons. The smallest absolute Gasteiger partial charge is 0.143 e. The second-order valence-electron chi connectivity index (χ2n) is 3.36. The SMILES string of the molecule is CC(=S)CC(=O)C1(C)CC1. The van der Waals surface area contributed by atoms with Crippen molar-refractivity contribution < 1.29 is 4.79 Å². The Labute approximate surface area is 66.8 Å². The van der Waals surface area contributed by atoms with E-state index in [2.05, 4.69) is 0 Å². The van der Waals surface area contributed by atoms with Crippen molar-refractivity contribution in [1.82, 2.24) is 0 Å². The molecule has 0 aliphatic heterocycles. The lowest BCUT2D eigenvalue weighted by Gasteiger charge is -2.04. The molecular formula is C8H12OS. The van der Waals surface area contributed by atoms with Crippen LogP contribution in [-0.4, -0.2) is 10.6 Å². The fourth-order valence-electron chi connectivity index (χ4n) is 0.906. The van der Waals surface area contributed by atoms with Gasteiger partial charge in [0.15, 0.2) is 0 Å². The minimum atomic E-state index is 0.0140. The van der Waals surface area contributed by atoms with Crippen LogP contribution >= 0.6 is 12.2 Å². The topological polar surface area (TPSA) is 17.1 Å². The van der Waals surface area contributed by atoms with Gasteiger partial charge in [0.1, 0.15) is 5.78 Å². The summed E-state index contributed by atoms with van der Waals surface area (Å²) in [6.45, 7) is 3.85. The molecule has 0 spiro atoms. The minimum absolute atomic E-state index is 0.0140. The van der Waals surface area contributed by atoms with Crippen molar-refractivity contribution >= 4 is 22.9 Å². The fourth-order valence-corrected chi connectivity index (χ4v) is 1.04. The maximum absolute atomic E-state index is 11.2. The van der Waals surface area contributed by atoms with Crippen molar-refractivity contribution in [2.24, 2.45) is 5.41 Å². The molecule has 0 aromatic rings. The lowest BCUT2D eigenvalue weighted by Crippen LogP contribution is -2.13. The molecule has 1 fully saturated rings. The summed E-state index contributed by atoms with van der Waals surface area (Å²) in [6.07, 6.45) is 2.63. The predicted octanol–water partition coefficient (Wildman–Crippen LogP) is 2.14. The van der Waals surface area contributed by atoms with E-state index in [1.807, 2.05) is 13.8 Å². The first-order valence-electron chi connectivity index (χ1n) is 3.57. The summed E-state index contributed by atoms with van der Waals surface area (Å²) in [5, 5.41) is 0. The number of hydrogen-bond donors (Lipinski definition) is 0. The highest BCUT2D eigenvalue weighted by Gasteiger charge is 2.43. The third kappa shape index (κ3) is 1.63. The Kier molecular flexibility index (Phi) is 1.90. The second kappa shape index (κ2) is 2.42. The molecule has 1 rings (SSSR count). The number of hydrogen-bond acceptors (Lipinski definition) is 2. The standard InChI is InChI=1S/C8H12OS/c1-6(10)5-7(9)8(2)3-4-8/h3-5H2,1-2H3. The third-order valence-electron chi connectivity index (χ3n) is 2.08. The summed E-state index contributed by atoms with van der Waals surface area (Å²) in [6, 6.07) is 0. The van der Waals surface area contributed by atoms with Gasteiger partial charge < -0.3 is 0 Å². The van der Waals surface area contributed by atoms with E-state index in [-0.39, 0.29) is 5.41 Å². The highest BCUT2D eigenvalue weighted by Crippen LogP contribution is 2.46. The molecule has 1 nitrogen and oxygen atoms in total. The molecule has 0 amide bonds. The Hall–Kier alpha value is -0.240. The molecule has 1 aliphatic rings. The van der Waals surface area contributed by atoms with Crippen LogP contribution in [0.2, 0.25) is 0 Å². The first-order valence-corrected chi connectivity index (χ1v) is 3.98. The van der Waals surface area contributed by atoms with Crippen molar-refractivity contribution in [3.8, 4) is 0 Å². The summed E-state index contributed by atoms with van der Waals surface area (Å²) in [7, 11) is 0. The van der Waals surface area contributed by atoms with E-state index >= 15 is 0 Å². The zero-order valence-corrected chi connectivity index (χ0v) is 7.25. The molecule has 0 bridgehead atoms. The molecule has 1 aliphatic carbocycles. The molecule has 10 heavy (non-hydrogen) atoms. The first kappa shape index (κ1) is 7.86. The minimum Gasteiger partial charge on any atom is -0.299 e. The van der Waals surface area contributed by atoms with Crippen LogP contribution in [0.5, 0.6) is 0 Å². The molecule has 0 N–H and O–H groups in total. The van der Waals surface area contributed by atoms with Gasteiger partial charge in [-0.3, -0.25) is 4.79 Å². The van der Waals surface area contributed by atoms with E-state index < -0.39 is 0 Å². The van der Waals surface area contributed by atoms with Gasteiger partial charge in [0.25, 0.3) is 0 Å². The van der Waals surface area contributed by atoms with Gasteiger partial charge in [0.2, 0.25) is 0 Å². The number of carbonyl (C=O) groups is 1. The molecular weight excluding hydrogens is 144 g/mol. The average molecular weight is 156 g/mol. The van der Waals surface area contributed by atoms with E-state index in [0.717, 1.165) is 17.7 Å². The normalized spacial score (nSPS) is 20.2. The van der Waals surface area contributed by atoms with Gasteiger partial charge in [-0.1, -0.05) is 19.1 Å². The van der Waals surface area contributed by atoms with Crippen LogP contribution in [-0.2, 0) is 4.79 Å². The van der Waals surface area contributed by atoms with E-state index in [9.17, 15) is 4.79 Å². The van der Waals surface area contributed by atoms with Crippen molar-refractivity contribution in [2.45, 2.75) is 33.1 Å². The molecule has 0 aromatic heterocycles. The zero-order chi connectivity index (χ0) is 7.78. The zero-order valence-electron chi connectivity index (χ0n) is 6.44. The molecule has 0 aromatic carbocycles. The monoisotopic (exact) mass is 156 g/mol. The summed E-state index contributed by atoms with van der Waals surface area (Å²) >= 11 is 4.85. The number of ketones is 1. The van der Waals surface area contributed by atoms with Gasteiger partial charge in [-0.25, -0.2) is 0 Å². The second-order valence-corrected chi connectivity index (χ2v) is 4.06. The summed E-state index contributed by atoms with van der Waals surface area (Å²) < 4.78 is 0. The fraction of sp³-hybridized carbons (Fsp3) is 0.750. The molecule has 0 heterocycles. The van der Waals surface area contributed by atoms with E-state index in [0.29, 0.717) is 12.2 Å². The van der Waals surface area contributed by atoms with Crippen LogP contribution in [0.3, 0.4) is 0 Å². The quantitative estimate of drug-likeness (QED) is 0.582. The van der Waals surface area contributed by atoms with Crippen LogP contribution in [0.25, 0.3) is 0 Å². The average Bonchev–Trinajstić information content (AvgIpc) is 2.47. The van der Waals surface area contributed by atoms with Gasteiger partial charge in [-0.2, -0.15) is 0 Å². The van der Waals surface area contributed by atoms with Crippen molar-refractivity contribution in [2.75, 3.05) is 0 Å². The van der Waals surface area contributed by atoms with Crippen LogP contribution < -0.4 is 0 Å². The van der Waals surface area contributed by atoms with Gasteiger partial charge in [-0.15, -0.1) is 0 Å². The van der Waals surface area contributed by atoms with Crippen LogP contribution in [0.15, 0.2) is 0 Å². The summed E-state index contributed by atoms with van der Waals surface area (Å²) in [5.41, 5.74) is 0.0140. The third-order valence-corrected chi connectivity index (χ3v) is 2.23. The predicted molar refractivity (Wildman–Crippen MR) is 45.2 cm³/mol. The van der Waals surface area contributed by atoms with Gasteiger partial charge in [0, 0.05) is 11.8 Å². The molecule has 1 saturated carbocycles. The van der Waals surface area contributed by atoms with Gasteiger partial charge in [-0.05, 0) is 24.6 Å². The number of Topliss-reactive ketones (excluding diaryl/α,β-unsaturated/α-hetero) is 1. The van der Waals surface area contributed by atoms with E-state index in [1.54, 1.807) is 0 Å².